The molecule has 0 aromatic heterocycles. The van der Waals surface area contributed by atoms with Gasteiger partial charge in [0.05, 0.1) is 13.2 Å². The van der Waals surface area contributed by atoms with Crippen molar-refractivity contribution in [3.63, 3.8) is 0 Å². The molecule has 0 unspecified atom stereocenters. The van der Waals surface area contributed by atoms with E-state index in [4.69, 9.17) is 21.1 Å². The van der Waals surface area contributed by atoms with E-state index >= 15 is 0 Å². The van der Waals surface area contributed by atoms with Crippen molar-refractivity contribution in [3.05, 3.63) is 106 Å². The number of rotatable bonds is 7. The number of halogens is 5. The number of ether oxygens (including phenoxy) is 2. The van der Waals surface area contributed by atoms with E-state index < -0.39 is 35.0 Å². The second-order valence-corrected chi connectivity index (χ2v) is 8.35. The molecule has 8 heteroatoms. The first kappa shape index (κ1) is 23.7. The van der Waals surface area contributed by atoms with Gasteiger partial charge in [-0.1, -0.05) is 35.9 Å². The van der Waals surface area contributed by atoms with Crippen molar-refractivity contribution in [2.45, 2.75) is 31.3 Å². The van der Waals surface area contributed by atoms with Gasteiger partial charge in [0.15, 0.2) is 0 Å². The minimum Gasteiger partial charge on any atom is -0.369 e. The van der Waals surface area contributed by atoms with Crippen LogP contribution in [-0.2, 0) is 28.3 Å². The first-order valence-corrected chi connectivity index (χ1v) is 10.9. The number of benzene rings is 3. The maximum absolute atomic E-state index is 14.3. The van der Waals surface area contributed by atoms with E-state index in [1.54, 1.807) is 12.1 Å². The van der Waals surface area contributed by atoms with Crippen molar-refractivity contribution in [1.82, 2.24) is 5.32 Å². The molecule has 3 aromatic rings. The van der Waals surface area contributed by atoms with Gasteiger partial charge in [-0.15, -0.1) is 0 Å². The molecule has 0 radical (unpaired) electrons. The predicted molar refractivity (Wildman–Crippen MR) is 117 cm³/mol. The van der Waals surface area contributed by atoms with Gasteiger partial charge < -0.3 is 14.8 Å². The highest BCUT2D eigenvalue weighted by atomic mass is 35.5. The van der Waals surface area contributed by atoms with Gasteiger partial charge in [-0.25, -0.2) is 17.6 Å². The largest absolute Gasteiger partial charge is 0.369 e. The lowest BCUT2D eigenvalue weighted by Crippen LogP contribution is -2.54. The summed E-state index contributed by atoms with van der Waals surface area (Å²) >= 11 is 6.07. The van der Waals surface area contributed by atoms with Crippen LogP contribution in [0.25, 0.3) is 0 Å². The number of piperidine rings is 1. The molecule has 174 valence electrons. The quantitative estimate of drug-likeness (QED) is 0.429. The van der Waals surface area contributed by atoms with E-state index in [0.29, 0.717) is 24.5 Å². The molecule has 1 N–H and O–H groups in total. The summed E-state index contributed by atoms with van der Waals surface area (Å²) in [5.74, 6) is -2.75. The Labute approximate surface area is 194 Å². The lowest BCUT2D eigenvalue weighted by atomic mass is 9.82. The summed E-state index contributed by atoms with van der Waals surface area (Å²) in [5.41, 5.74) is 0.163. The molecule has 0 bridgehead atoms. The van der Waals surface area contributed by atoms with Crippen LogP contribution in [0, 0.1) is 23.3 Å². The topological polar surface area (TPSA) is 30.5 Å². The Bertz CT molecular complexity index is 1110. The highest BCUT2D eigenvalue weighted by molar-refractivity contribution is 6.30. The first-order valence-electron chi connectivity index (χ1n) is 10.5. The number of hydrogen-bond donors (Lipinski definition) is 1. The zero-order valence-corrected chi connectivity index (χ0v) is 18.3. The summed E-state index contributed by atoms with van der Waals surface area (Å²) in [7, 11) is 0. The first-order chi connectivity index (χ1) is 15.9. The van der Waals surface area contributed by atoms with E-state index in [1.165, 1.54) is 24.3 Å². The summed E-state index contributed by atoms with van der Waals surface area (Å²) in [5, 5.41) is 3.78. The Morgan fingerprint density at radius 2 is 1.45 bits per heavy atom. The van der Waals surface area contributed by atoms with Gasteiger partial charge >= 0.3 is 0 Å². The Morgan fingerprint density at radius 1 is 0.848 bits per heavy atom. The van der Waals surface area contributed by atoms with Crippen LogP contribution in [0.1, 0.15) is 23.1 Å². The summed E-state index contributed by atoms with van der Waals surface area (Å²) in [6.07, 6.45) is -0.103. The summed E-state index contributed by atoms with van der Waals surface area (Å²) in [4.78, 5) is 0. The summed E-state index contributed by atoms with van der Waals surface area (Å²) in [6.45, 7) is 0.748. The van der Waals surface area contributed by atoms with Gasteiger partial charge in [-0.05, 0) is 42.8 Å². The van der Waals surface area contributed by atoms with Gasteiger partial charge in [0, 0.05) is 34.8 Å². The molecular formula is C25H22ClF4NO2. The zero-order valence-electron chi connectivity index (χ0n) is 17.6. The van der Waals surface area contributed by atoms with Crippen molar-refractivity contribution in [3.8, 4) is 0 Å². The fourth-order valence-corrected chi connectivity index (χ4v) is 4.14. The van der Waals surface area contributed by atoms with Crippen LogP contribution in [0.2, 0.25) is 5.02 Å². The molecule has 4 rings (SSSR count). The van der Waals surface area contributed by atoms with Crippen LogP contribution in [0.15, 0.2) is 60.7 Å². The van der Waals surface area contributed by atoms with Crippen LogP contribution in [0.3, 0.4) is 0 Å². The molecule has 1 aliphatic rings. The smallest absolute Gasteiger partial charge is 0.131 e. The fourth-order valence-electron chi connectivity index (χ4n) is 4.01. The normalized spacial score (nSPS) is 20.7. The molecule has 0 spiro atoms. The Hall–Kier alpha value is -2.45. The average molecular weight is 480 g/mol. The molecule has 1 fully saturated rings. The van der Waals surface area contributed by atoms with Crippen molar-refractivity contribution in [1.29, 1.82) is 0 Å². The molecular weight excluding hydrogens is 458 g/mol. The van der Waals surface area contributed by atoms with Gasteiger partial charge in [0.2, 0.25) is 0 Å². The third-order valence-electron chi connectivity index (χ3n) is 5.81. The van der Waals surface area contributed by atoms with Crippen LogP contribution in [0.4, 0.5) is 17.6 Å². The summed E-state index contributed by atoms with van der Waals surface area (Å²) < 4.78 is 67.4. The van der Waals surface area contributed by atoms with Gasteiger partial charge in [0.1, 0.15) is 35.0 Å². The van der Waals surface area contributed by atoms with Crippen LogP contribution < -0.4 is 5.32 Å². The van der Waals surface area contributed by atoms with E-state index in [0.717, 1.165) is 17.7 Å². The molecule has 3 nitrogen and oxygen atoms in total. The van der Waals surface area contributed by atoms with E-state index in [-0.39, 0.29) is 24.3 Å². The van der Waals surface area contributed by atoms with E-state index in [1.807, 2.05) is 12.1 Å². The Kier molecular flexibility index (Phi) is 7.34. The van der Waals surface area contributed by atoms with E-state index in [2.05, 4.69) is 5.32 Å². The standard InChI is InChI=1S/C25H22ClF4NO2/c26-19-5-3-18(4-6-19)25(33-15-17-2-8-21(28)12-23(17)30)9-10-31-13-24(25)32-14-16-1-7-20(27)11-22(16)29/h1-8,11-12,24,31H,9-10,13-15H2/t24-,25-/m0/s1. The molecule has 3 aromatic carbocycles. The SMILES string of the molecule is Fc1ccc(CO[C@H]2CNCC[C@]2(OCc2ccc(F)cc2F)c2ccc(Cl)cc2)c(F)c1. The van der Waals surface area contributed by atoms with Crippen LogP contribution >= 0.6 is 11.6 Å². The fraction of sp³-hybridized carbons (Fsp3) is 0.280. The molecule has 0 saturated carbocycles. The Morgan fingerprint density at radius 3 is 2.06 bits per heavy atom. The zero-order chi connectivity index (χ0) is 23.4. The number of hydrogen-bond acceptors (Lipinski definition) is 3. The highest BCUT2D eigenvalue weighted by Crippen LogP contribution is 2.39. The molecule has 2 atom stereocenters. The Balaban J connectivity index is 1.63. The third-order valence-corrected chi connectivity index (χ3v) is 6.06. The molecule has 1 saturated heterocycles. The second-order valence-electron chi connectivity index (χ2n) is 7.91. The minimum absolute atomic E-state index is 0.109. The van der Waals surface area contributed by atoms with Crippen molar-refractivity contribution in [2.24, 2.45) is 0 Å². The van der Waals surface area contributed by atoms with Crippen molar-refractivity contribution >= 4 is 11.6 Å². The average Bonchev–Trinajstić information content (AvgIpc) is 2.79. The minimum atomic E-state index is -1.01. The molecule has 1 aliphatic heterocycles. The van der Waals surface area contributed by atoms with Gasteiger partial charge in [-0.3, -0.25) is 0 Å². The maximum atomic E-state index is 14.3. The van der Waals surface area contributed by atoms with Crippen molar-refractivity contribution in [2.75, 3.05) is 13.1 Å². The van der Waals surface area contributed by atoms with Crippen LogP contribution in [-0.4, -0.2) is 19.2 Å². The monoisotopic (exact) mass is 479 g/mol. The molecule has 1 heterocycles. The lowest BCUT2D eigenvalue weighted by Gasteiger charge is -2.44. The second kappa shape index (κ2) is 10.2. The van der Waals surface area contributed by atoms with Crippen molar-refractivity contribution < 1.29 is 27.0 Å². The molecule has 33 heavy (non-hydrogen) atoms. The molecule has 0 aliphatic carbocycles. The number of nitrogens with one attached hydrogen (secondary N) is 1. The van der Waals surface area contributed by atoms with Crippen LogP contribution in [0.5, 0.6) is 0 Å². The highest BCUT2D eigenvalue weighted by Gasteiger charge is 2.44. The van der Waals surface area contributed by atoms with E-state index in [9.17, 15) is 17.6 Å². The van der Waals surface area contributed by atoms with Gasteiger partial charge in [0.25, 0.3) is 0 Å². The predicted octanol–water partition coefficient (Wildman–Crippen LogP) is 5.89. The summed E-state index contributed by atoms with van der Waals surface area (Å²) in [6, 6.07) is 13.7. The third kappa shape index (κ3) is 5.38. The maximum Gasteiger partial charge on any atom is 0.131 e. The lowest BCUT2D eigenvalue weighted by molar-refractivity contribution is -0.177. The molecule has 0 amide bonds. The van der Waals surface area contributed by atoms with Gasteiger partial charge in [-0.2, -0.15) is 0 Å².